The number of carbonyl (C=O) groups is 1. The molecule has 0 unspecified atom stereocenters. The second-order valence-corrected chi connectivity index (χ2v) is 6.86. The quantitative estimate of drug-likeness (QED) is 0.575. The maximum Gasteiger partial charge on any atom is 0.416 e. The maximum atomic E-state index is 12.8. The van der Waals surface area contributed by atoms with E-state index in [1.165, 1.54) is 17.0 Å². The largest absolute Gasteiger partial charge is 0.416 e. The highest BCUT2D eigenvalue weighted by Gasteiger charge is 2.31. The van der Waals surface area contributed by atoms with Gasteiger partial charge in [-0.05, 0) is 42.3 Å². The molecule has 1 amide bonds. The fourth-order valence-corrected chi connectivity index (χ4v) is 3.01. The van der Waals surface area contributed by atoms with Crippen molar-refractivity contribution < 1.29 is 18.0 Å². The molecule has 0 bridgehead atoms. The first-order valence-corrected chi connectivity index (χ1v) is 8.76. The Kier molecular flexibility index (Phi) is 6.58. The van der Waals surface area contributed by atoms with E-state index in [0.717, 1.165) is 24.1 Å². The van der Waals surface area contributed by atoms with Crippen molar-refractivity contribution in [1.29, 1.82) is 0 Å². The SMILES string of the molecule is CC[C@H](CN(C)C(=O)c1cccc(C(F)(F)F)c1)c1ccc(Cl)c(Cl)c1. The number of hydrogen-bond acceptors (Lipinski definition) is 1. The zero-order valence-electron chi connectivity index (χ0n) is 14.3. The predicted octanol–water partition coefficient (Wildman–Crippen LogP) is 6.28. The summed E-state index contributed by atoms with van der Waals surface area (Å²) in [6.07, 6.45) is -3.75. The number of alkyl halides is 3. The Morgan fingerprint density at radius 1 is 1.12 bits per heavy atom. The molecule has 2 aromatic carbocycles. The normalized spacial score (nSPS) is 12.7. The first-order chi connectivity index (χ1) is 12.1. The summed E-state index contributed by atoms with van der Waals surface area (Å²) in [6, 6.07) is 9.72. The molecule has 140 valence electrons. The number of halogens is 5. The van der Waals surface area contributed by atoms with E-state index in [2.05, 4.69) is 0 Å². The summed E-state index contributed by atoms with van der Waals surface area (Å²) >= 11 is 12.0. The van der Waals surface area contributed by atoms with Crippen molar-refractivity contribution in [2.75, 3.05) is 13.6 Å². The van der Waals surface area contributed by atoms with Crippen molar-refractivity contribution in [3.8, 4) is 0 Å². The lowest BCUT2D eigenvalue weighted by Crippen LogP contribution is -2.31. The molecule has 0 N–H and O–H groups in total. The zero-order valence-corrected chi connectivity index (χ0v) is 15.8. The van der Waals surface area contributed by atoms with Gasteiger partial charge < -0.3 is 4.90 Å². The van der Waals surface area contributed by atoms with Crippen LogP contribution in [0.25, 0.3) is 0 Å². The van der Waals surface area contributed by atoms with Crippen LogP contribution in [0.1, 0.15) is 40.7 Å². The van der Waals surface area contributed by atoms with Gasteiger partial charge in [0.15, 0.2) is 0 Å². The zero-order chi connectivity index (χ0) is 19.5. The highest BCUT2D eigenvalue weighted by atomic mass is 35.5. The topological polar surface area (TPSA) is 20.3 Å². The molecule has 0 aliphatic heterocycles. The Balaban J connectivity index is 2.18. The number of hydrogen-bond donors (Lipinski definition) is 0. The third-order valence-corrected chi connectivity index (χ3v) is 4.92. The molecule has 0 aliphatic rings. The fourth-order valence-electron chi connectivity index (χ4n) is 2.70. The Labute approximate surface area is 160 Å². The van der Waals surface area contributed by atoms with Crippen molar-refractivity contribution in [1.82, 2.24) is 4.90 Å². The summed E-state index contributed by atoms with van der Waals surface area (Å²) in [4.78, 5) is 14.0. The van der Waals surface area contributed by atoms with Gasteiger partial charge in [-0.2, -0.15) is 13.2 Å². The Hall–Kier alpha value is -1.72. The van der Waals surface area contributed by atoms with Crippen LogP contribution in [0.4, 0.5) is 13.2 Å². The number of benzene rings is 2. The Morgan fingerprint density at radius 2 is 1.81 bits per heavy atom. The van der Waals surface area contributed by atoms with E-state index in [1.54, 1.807) is 19.2 Å². The van der Waals surface area contributed by atoms with Crippen LogP contribution >= 0.6 is 23.2 Å². The molecule has 0 saturated carbocycles. The molecule has 2 rings (SSSR count). The van der Waals surface area contributed by atoms with Crippen LogP contribution in [0.15, 0.2) is 42.5 Å². The number of nitrogens with zero attached hydrogens (tertiary/aromatic N) is 1. The second-order valence-electron chi connectivity index (χ2n) is 6.04. The van der Waals surface area contributed by atoms with Crippen molar-refractivity contribution in [2.24, 2.45) is 0 Å². The first kappa shape index (κ1) is 20.6. The van der Waals surface area contributed by atoms with E-state index < -0.39 is 17.6 Å². The molecule has 1 atom stereocenters. The van der Waals surface area contributed by atoms with Crippen molar-refractivity contribution >= 4 is 29.1 Å². The van der Waals surface area contributed by atoms with E-state index in [1.807, 2.05) is 13.0 Å². The smallest absolute Gasteiger partial charge is 0.341 e. The van der Waals surface area contributed by atoms with Gasteiger partial charge in [-0.15, -0.1) is 0 Å². The van der Waals surface area contributed by atoms with Gasteiger partial charge in [-0.3, -0.25) is 4.79 Å². The standard InChI is InChI=1S/C19H18Cl2F3NO/c1-3-12(13-7-8-16(20)17(21)10-13)11-25(2)18(26)14-5-4-6-15(9-14)19(22,23)24/h4-10,12H,3,11H2,1-2H3/t12-/m1/s1. The molecule has 0 aromatic heterocycles. The minimum atomic E-state index is -4.49. The summed E-state index contributed by atoms with van der Waals surface area (Å²) < 4.78 is 38.5. The maximum absolute atomic E-state index is 12.8. The number of likely N-dealkylation sites (N-methyl/N-ethyl adjacent to an activating group) is 1. The van der Waals surface area contributed by atoms with Crippen LogP contribution in [0.5, 0.6) is 0 Å². The second kappa shape index (κ2) is 8.31. The average molecular weight is 404 g/mol. The van der Waals surface area contributed by atoms with Crippen molar-refractivity contribution in [3.63, 3.8) is 0 Å². The molecule has 0 heterocycles. The van der Waals surface area contributed by atoms with Crippen molar-refractivity contribution in [2.45, 2.75) is 25.4 Å². The van der Waals surface area contributed by atoms with E-state index in [4.69, 9.17) is 23.2 Å². The van der Waals surface area contributed by atoms with Gasteiger partial charge in [0, 0.05) is 25.1 Å². The van der Waals surface area contributed by atoms with Crippen LogP contribution in [0.3, 0.4) is 0 Å². The monoisotopic (exact) mass is 403 g/mol. The molecular weight excluding hydrogens is 386 g/mol. The molecule has 7 heteroatoms. The van der Waals surface area contributed by atoms with Crippen molar-refractivity contribution in [3.05, 3.63) is 69.2 Å². The van der Waals surface area contributed by atoms with Gasteiger partial charge in [-0.1, -0.05) is 42.3 Å². The van der Waals surface area contributed by atoms with Gasteiger partial charge in [0.05, 0.1) is 15.6 Å². The minimum Gasteiger partial charge on any atom is -0.341 e. The summed E-state index contributed by atoms with van der Waals surface area (Å²) in [6.45, 7) is 2.32. The molecule has 0 radical (unpaired) electrons. The minimum absolute atomic E-state index is 0.00585. The lowest BCUT2D eigenvalue weighted by atomic mass is 9.95. The molecule has 0 spiro atoms. The van der Waals surface area contributed by atoms with E-state index in [0.29, 0.717) is 16.6 Å². The van der Waals surface area contributed by atoms with Gasteiger partial charge in [-0.25, -0.2) is 0 Å². The van der Waals surface area contributed by atoms with Crippen LogP contribution in [0, 0.1) is 0 Å². The molecule has 2 aromatic rings. The lowest BCUT2D eigenvalue weighted by molar-refractivity contribution is -0.137. The predicted molar refractivity (Wildman–Crippen MR) is 97.9 cm³/mol. The molecular formula is C19H18Cl2F3NO. The van der Waals surface area contributed by atoms with Crippen LogP contribution < -0.4 is 0 Å². The average Bonchev–Trinajstić information content (AvgIpc) is 2.60. The molecule has 0 fully saturated rings. The van der Waals surface area contributed by atoms with E-state index in [9.17, 15) is 18.0 Å². The lowest BCUT2D eigenvalue weighted by Gasteiger charge is -2.24. The fraction of sp³-hybridized carbons (Fsp3) is 0.316. The molecule has 26 heavy (non-hydrogen) atoms. The number of amides is 1. The number of rotatable bonds is 5. The van der Waals surface area contributed by atoms with Crippen LogP contribution in [0.2, 0.25) is 10.0 Å². The Bertz CT molecular complexity index is 793. The molecule has 0 aliphatic carbocycles. The summed E-state index contributed by atoms with van der Waals surface area (Å²) in [5.41, 5.74) is 0.0881. The molecule has 0 saturated heterocycles. The van der Waals surface area contributed by atoms with E-state index >= 15 is 0 Å². The number of carbonyl (C=O) groups excluding carboxylic acids is 1. The molecule has 2 nitrogen and oxygen atoms in total. The third kappa shape index (κ3) is 4.92. The van der Waals surface area contributed by atoms with Gasteiger partial charge in [0.1, 0.15) is 0 Å². The third-order valence-electron chi connectivity index (χ3n) is 4.19. The highest BCUT2D eigenvalue weighted by molar-refractivity contribution is 6.42. The highest BCUT2D eigenvalue weighted by Crippen LogP contribution is 2.31. The Morgan fingerprint density at radius 3 is 2.38 bits per heavy atom. The van der Waals surface area contributed by atoms with Gasteiger partial charge in [0.25, 0.3) is 5.91 Å². The summed E-state index contributed by atoms with van der Waals surface area (Å²) in [5, 5.41) is 0.869. The van der Waals surface area contributed by atoms with Gasteiger partial charge in [0.2, 0.25) is 0 Å². The van der Waals surface area contributed by atoms with Crippen LogP contribution in [-0.4, -0.2) is 24.4 Å². The summed E-state index contributed by atoms with van der Waals surface area (Å²) in [5.74, 6) is -0.473. The van der Waals surface area contributed by atoms with Crippen LogP contribution in [-0.2, 0) is 6.18 Å². The summed E-state index contributed by atoms with van der Waals surface area (Å²) in [7, 11) is 1.57. The van der Waals surface area contributed by atoms with E-state index in [-0.39, 0.29) is 11.5 Å². The first-order valence-electron chi connectivity index (χ1n) is 8.01. The van der Waals surface area contributed by atoms with Gasteiger partial charge >= 0.3 is 6.18 Å².